The molecule has 0 spiro atoms. The third-order valence-corrected chi connectivity index (χ3v) is 13.7. The molecule has 0 saturated carbocycles. The molecule has 73 heavy (non-hydrogen) atoms. The molecule has 0 radical (unpaired) electrons. The van der Waals surface area contributed by atoms with Crippen molar-refractivity contribution in [3.63, 3.8) is 0 Å². The molecule has 0 saturated heterocycles. The van der Waals surface area contributed by atoms with Crippen molar-refractivity contribution < 1.29 is 28.6 Å². The first kappa shape index (κ1) is 69.8. The van der Waals surface area contributed by atoms with Gasteiger partial charge in [-0.3, -0.25) is 14.4 Å². The summed E-state index contributed by atoms with van der Waals surface area (Å²) in [6.07, 6.45) is 79.0. The van der Waals surface area contributed by atoms with Crippen LogP contribution in [0.5, 0.6) is 0 Å². The van der Waals surface area contributed by atoms with Gasteiger partial charge in [0.05, 0.1) is 0 Å². The average Bonchev–Trinajstić information content (AvgIpc) is 3.39. The van der Waals surface area contributed by atoms with E-state index >= 15 is 0 Å². The van der Waals surface area contributed by atoms with Gasteiger partial charge in [-0.1, -0.05) is 254 Å². The van der Waals surface area contributed by atoms with Crippen LogP contribution in [0.1, 0.15) is 316 Å². The molecule has 0 aromatic rings. The number of unbranched alkanes of at least 4 members (excludes halogenated alkanes) is 34. The standard InChI is InChI=1S/C67H118O6/c1-4-7-10-13-16-19-22-25-28-30-32-33-35-36-39-42-45-48-51-54-57-60-66(69)72-63-64(62-71-65(68)59-56-53-50-47-44-41-38-27-24-21-18-15-12-9-6-3)73-67(70)61-58-55-52-49-46-43-40-37-34-31-29-26-23-20-17-14-11-8-5-2/h17-18,20-21,25-29,38,44,47,64H,4-16,19,22-24,30-37,39-43,45-46,48-63H2,1-3H3/b20-17-,21-18-,28-25-,29-26-,38-27-,47-44-/t64-/m1/s1. The average molecular weight is 1020 g/mol. The topological polar surface area (TPSA) is 78.9 Å². The maximum Gasteiger partial charge on any atom is 0.306 e. The second-order valence-corrected chi connectivity index (χ2v) is 21.0. The molecule has 0 heterocycles. The largest absolute Gasteiger partial charge is 0.462 e. The molecular weight excluding hydrogens is 901 g/mol. The Morgan fingerprint density at radius 2 is 0.493 bits per heavy atom. The van der Waals surface area contributed by atoms with E-state index in [4.69, 9.17) is 14.2 Å². The van der Waals surface area contributed by atoms with Crippen LogP contribution in [0.3, 0.4) is 0 Å². The number of carbonyl (C=O) groups excluding carboxylic acids is 3. The van der Waals surface area contributed by atoms with Gasteiger partial charge in [0.2, 0.25) is 0 Å². The highest BCUT2D eigenvalue weighted by molar-refractivity contribution is 5.71. The lowest BCUT2D eigenvalue weighted by molar-refractivity contribution is -0.167. The first-order valence-corrected chi connectivity index (χ1v) is 31.4. The highest BCUT2D eigenvalue weighted by Gasteiger charge is 2.19. The molecule has 0 aliphatic heterocycles. The molecule has 0 unspecified atom stereocenters. The lowest BCUT2D eigenvalue weighted by atomic mass is 10.0. The molecule has 6 heteroatoms. The van der Waals surface area contributed by atoms with Gasteiger partial charge in [0.25, 0.3) is 0 Å². The van der Waals surface area contributed by atoms with Gasteiger partial charge in [-0.15, -0.1) is 0 Å². The van der Waals surface area contributed by atoms with Gasteiger partial charge in [0, 0.05) is 19.3 Å². The lowest BCUT2D eigenvalue weighted by Crippen LogP contribution is -2.30. The molecule has 6 nitrogen and oxygen atoms in total. The summed E-state index contributed by atoms with van der Waals surface area (Å²) in [4.78, 5) is 38.3. The zero-order chi connectivity index (χ0) is 52.9. The van der Waals surface area contributed by atoms with Crippen LogP contribution in [0.15, 0.2) is 72.9 Å². The zero-order valence-electron chi connectivity index (χ0n) is 48.4. The Morgan fingerprint density at radius 1 is 0.274 bits per heavy atom. The van der Waals surface area contributed by atoms with Crippen LogP contribution in [0.4, 0.5) is 0 Å². The molecule has 422 valence electrons. The van der Waals surface area contributed by atoms with Crippen molar-refractivity contribution in [2.75, 3.05) is 13.2 Å². The van der Waals surface area contributed by atoms with Crippen molar-refractivity contribution in [1.82, 2.24) is 0 Å². The maximum absolute atomic E-state index is 12.9. The Hall–Kier alpha value is -3.15. The van der Waals surface area contributed by atoms with Crippen molar-refractivity contribution in [2.45, 2.75) is 322 Å². The Bertz CT molecular complexity index is 1360. The predicted molar refractivity (Wildman–Crippen MR) is 316 cm³/mol. The fourth-order valence-corrected chi connectivity index (χ4v) is 8.89. The van der Waals surface area contributed by atoms with E-state index in [0.717, 1.165) is 77.0 Å². The fourth-order valence-electron chi connectivity index (χ4n) is 8.89. The van der Waals surface area contributed by atoms with Gasteiger partial charge in [0.15, 0.2) is 6.10 Å². The smallest absolute Gasteiger partial charge is 0.306 e. The van der Waals surface area contributed by atoms with Crippen molar-refractivity contribution in [1.29, 1.82) is 0 Å². The second kappa shape index (κ2) is 61.4. The quantitative estimate of drug-likeness (QED) is 0.0261. The van der Waals surface area contributed by atoms with Gasteiger partial charge in [0.1, 0.15) is 13.2 Å². The molecule has 0 aromatic heterocycles. The number of hydrogen-bond acceptors (Lipinski definition) is 6. The maximum atomic E-state index is 12.9. The normalized spacial score (nSPS) is 12.5. The zero-order valence-corrected chi connectivity index (χ0v) is 48.4. The highest BCUT2D eigenvalue weighted by atomic mass is 16.6. The van der Waals surface area contributed by atoms with Crippen LogP contribution in [0, 0.1) is 0 Å². The van der Waals surface area contributed by atoms with Gasteiger partial charge >= 0.3 is 17.9 Å². The molecule has 0 amide bonds. The minimum atomic E-state index is -0.794. The fraction of sp³-hybridized carbons (Fsp3) is 0.776. The SMILES string of the molecule is CCCCC/C=C\C/C=C\C/C=C\CCCCC(=O)OC[C@H](COC(=O)CCCCCCCCCCCCC/C=C\CCCCCCCC)OC(=O)CCCCCCCCCCC/C=C\C/C=C\CCCCC. The van der Waals surface area contributed by atoms with Crippen LogP contribution in [0.2, 0.25) is 0 Å². The van der Waals surface area contributed by atoms with Crippen molar-refractivity contribution >= 4 is 17.9 Å². The third kappa shape index (κ3) is 59.6. The molecule has 0 rings (SSSR count). The number of esters is 3. The van der Waals surface area contributed by atoms with Crippen LogP contribution in [-0.2, 0) is 28.6 Å². The lowest BCUT2D eigenvalue weighted by Gasteiger charge is -2.18. The first-order chi connectivity index (χ1) is 36.0. The monoisotopic (exact) mass is 1020 g/mol. The van der Waals surface area contributed by atoms with Crippen molar-refractivity contribution in [3.8, 4) is 0 Å². The third-order valence-electron chi connectivity index (χ3n) is 13.7. The summed E-state index contributed by atoms with van der Waals surface area (Å²) in [5, 5.41) is 0. The summed E-state index contributed by atoms with van der Waals surface area (Å²) in [6, 6.07) is 0. The summed E-state index contributed by atoms with van der Waals surface area (Å²) in [6.45, 7) is 6.58. The van der Waals surface area contributed by atoms with Crippen LogP contribution in [-0.4, -0.2) is 37.2 Å². The van der Waals surface area contributed by atoms with Crippen molar-refractivity contribution in [2.24, 2.45) is 0 Å². The van der Waals surface area contributed by atoms with Gasteiger partial charge < -0.3 is 14.2 Å². The summed E-state index contributed by atoms with van der Waals surface area (Å²) in [5.74, 6) is -0.920. The molecule has 0 aliphatic rings. The predicted octanol–water partition coefficient (Wildman–Crippen LogP) is 21.3. The van der Waals surface area contributed by atoms with E-state index in [0.29, 0.717) is 19.3 Å². The van der Waals surface area contributed by atoms with E-state index in [9.17, 15) is 14.4 Å². The van der Waals surface area contributed by atoms with E-state index in [1.54, 1.807) is 0 Å². The number of ether oxygens (including phenoxy) is 3. The van der Waals surface area contributed by atoms with Crippen molar-refractivity contribution in [3.05, 3.63) is 72.9 Å². The summed E-state index contributed by atoms with van der Waals surface area (Å²) in [7, 11) is 0. The molecule has 1 atom stereocenters. The van der Waals surface area contributed by atoms with Crippen LogP contribution < -0.4 is 0 Å². The molecular formula is C67H118O6. The molecule has 0 aromatic carbocycles. The number of allylic oxidation sites excluding steroid dienone is 12. The molecule has 0 N–H and O–H groups in total. The first-order valence-electron chi connectivity index (χ1n) is 31.4. The number of hydrogen-bond donors (Lipinski definition) is 0. The number of rotatable bonds is 57. The van der Waals surface area contributed by atoms with E-state index in [1.807, 2.05) is 0 Å². The minimum absolute atomic E-state index is 0.0882. The Kier molecular flexibility index (Phi) is 58.7. The molecule has 0 bridgehead atoms. The van der Waals surface area contributed by atoms with Gasteiger partial charge in [-0.25, -0.2) is 0 Å². The molecule has 0 fully saturated rings. The summed E-state index contributed by atoms with van der Waals surface area (Å²) >= 11 is 0. The molecule has 0 aliphatic carbocycles. The Balaban J connectivity index is 4.39. The summed E-state index contributed by atoms with van der Waals surface area (Å²) in [5.41, 5.74) is 0. The van der Waals surface area contributed by atoms with E-state index in [1.165, 1.54) is 199 Å². The Morgan fingerprint density at radius 3 is 0.836 bits per heavy atom. The van der Waals surface area contributed by atoms with E-state index in [-0.39, 0.29) is 31.1 Å². The Labute approximate surface area is 453 Å². The van der Waals surface area contributed by atoms with Gasteiger partial charge in [-0.05, 0) is 116 Å². The summed E-state index contributed by atoms with van der Waals surface area (Å²) < 4.78 is 16.9. The van der Waals surface area contributed by atoms with Crippen LogP contribution in [0.25, 0.3) is 0 Å². The van der Waals surface area contributed by atoms with Crippen LogP contribution >= 0.6 is 0 Å². The minimum Gasteiger partial charge on any atom is -0.462 e. The second-order valence-electron chi connectivity index (χ2n) is 21.0. The highest BCUT2D eigenvalue weighted by Crippen LogP contribution is 2.16. The number of carbonyl (C=O) groups is 3. The van der Waals surface area contributed by atoms with E-state index in [2.05, 4.69) is 93.7 Å². The van der Waals surface area contributed by atoms with E-state index < -0.39 is 6.10 Å². The van der Waals surface area contributed by atoms with Gasteiger partial charge in [-0.2, -0.15) is 0 Å².